The molecule has 5 rings (SSSR count). The van der Waals surface area contributed by atoms with Crippen LogP contribution in [0.15, 0.2) is 75.8 Å². The first kappa shape index (κ1) is 20.8. The van der Waals surface area contributed by atoms with E-state index in [-0.39, 0.29) is 23.5 Å². The van der Waals surface area contributed by atoms with Crippen LogP contribution in [0.4, 0.5) is 5.82 Å². The second kappa shape index (κ2) is 8.48. The van der Waals surface area contributed by atoms with Crippen molar-refractivity contribution in [2.75, 3.05) is 5.32 Å². The molecule has 3 aromatic heterocycles. The summed E-state index contributed by atoms with van der Waals surface area (Å²) in [6.45, 7) is 3.81. The zero-order valence-corrected chi connectivity index (χ0v) is 19.5. The summed E-state index contributed by atoms with van der Waals surface area (Å²) in [6.07, 6.45) is 1.24. The maximum Gasteiger partial charge on any atom is 0.255 e. The van der Waals surface area contributed by atoms with Crippen LogP contribution in [0.25, 0.3) is 0 Å². The van der Waals surface area contributed by atoms with Gasteiger partial charge in [0, 0.05) is 50.3 Å². The molecular weight excluding hydrogens is 438 g/mol. The number of aryl methyl sites for hydroxylation is 1. The summed E-state index contributed by atoms with van der Waals surface area (Å²) in [5.74, 6) is 0.200. The number of anilines is 1. The van der Waals surface area contributed by atoms with Crippen molar-refractivity contribution in [1.29, 1.82) is 0 Å². The Labute approximate surface area is 194 Å². The first-order valence-electron chi connectivity index (χ1n) is 10.6. The van der Waals surface area contributed by atoms with E-state index in [9.17, 15) is 9.59 Å². The van der Waals surface area contributed by atoms with Gasteiger partial charge in [0.2, 0.25) is 0 Å². The summed E-state index contributed by atoms with van der Waals surface area (Å²) in [4.78, 5) is 33.6. The van der Waals surface area contributed by atoms with E-state index in [2.05, 4.69) is 27.1 Å². The fraction of sp³-hybridized carbons (Fsp3) is 0.240. The van der Waals surface area contributed by atoms with Gasteiger partial charge in [0.15, 0.2) is 5.78 Å². The summed E-state index contributed by atoms with van der Waals surface area (Å²) in [5.41, 5.74) is 3.87. The number of amides is 1. The second-order valence-electron chi connectivity index (χ2n) is 8.17. The van der Waals surface area contributed by atoms with Crippen LogP contribution in [0, 0.1) is 6.92 Å². The minimum absolute atomic E-state index is 0.113. The predicted octanol–water partition coefficient (Wildman–Crippen LogP) is 5.51. The highest BCUT2D eigenvalue weighted by molar-refractivity contribution is 7.10. The number of thiophene rings is 2. The molecule has 0 spiro atoms. The highest BCUT2D eigenvalue weighted by Crippen LogP contribution is 2.47. The molecule has 2 N–H and O–H groups in total. The molecule has 2 atom stereocenters. The Bertz CT molecular complexity index is 1240. The maximum absolute atomic E-state index is 13.5. The third-order valence-electron chi connectivity index (χ3n) is 5.98. The Morgan fingerprint density at radius 2 is 1.78 bits per heavy atom. The molecule has 0 bridgehead atoms. The lowest BCUT2D eigenvalue weighted by molar-refractivity contribution is -0.116. The van der Waals surface area contributed by atoms with E-state index in [0.29, 0.717) is 17.8 Å². The molecule has 0 aromatic carbocycles. The number of carbonyl (C=O) groups is 2. The number of allylic oxidation sites excluding steroid dienone is 3. The second-order valence-corrected chi connectivity index (χ2v) is 10.1. The van der Waals surface area contributed by atoms with Gasteiger partial charge in [-0.3, -0.25) is 9.59 Å². The van der Waals surface area contributed by atoms with E-state index in [0.717, 1.165) is 34.0 Å². The molecule has 0 radical (unpaired) electrons. The van der Waals surface area contributed by atoms with Crippen molar-refractivity contribution in [1.82, 2.24) is 10.3 Å². The largest absolute Gasteiger partial charge is 0.362 e. The minimum atomic E-state index is -0.368. The number of nitrogens with zero attached hydrogens (tertiary/aromatic N) is 1. The molecule has 0 unspecified atom stereocenters. The zero-order valence-electron chi connectivity index (χ0n) is 17.8. The van der Waals surface area contributed by atoms with Crippen LogP contribution in [-0.2, 0) is 9.59 Å². The monoisotopic (exact) mass is 461 g/mol. The van der Waals surface area contributed by atoms with Crippen LogP contribution in [0.3, 0.4) is 0 Å². The number of dihydropyridines is 1. The van der Waals surface area contributed by atoms with Crippen molar-refractivity contribution < 1.29 is 9.59 Å². The van der Waals surface area contributed by atoms with E-state index in [1.807, 2.05) is 49.6 Å². The SMILES string of the molecule is CC1=C(C(=O)Nc2cccc(C)n2)[C@H](c2cccs2)C2=C(C[C@@H](c3cccs3)CC2=O)N1. The maximum atomic E-state index is 13.5. The van der Waals surface area contributed by atoms with E-state index in [1.54, 1.807) is 28.7 Å². The fourth-order valence-electron chi connectivity index (χ4n) is 4.60. The fourth-order valence-corrected chi connectivity index (χ4v) is 6.27. The van der Waals surface area contributed by atoms with Crippen molar-refractivity contribution in [3.05, 3.63) is 91.2 Å². The standard InChI is InChI=1S/C25H23N3O2S2/c1-14-6-3-9-21(26-14)28-25(30)22-15(2)27-17-12-16(19-7-4-10-31-19)13-18(29)23(17)24(22)20-8-5-11-32-20/h3-11,16,24,27H,12-13H2,1-2H3,(H,26,28,30)/t16-,24+/m1/s1. The summed E-state index contributed by atoms with van der Waals surface area (Å²) in [7, 11) is 0. The van der Waals surface area contributed by atoms with Gasteiger partial charge in [-0.05, 0) is 55.3 Å². The molecule has 1 amide bonds. The van der Waals surface area contributed by atoms with Gasteiger partial charge in [0.1, 0.15) is 5.82 Å². The Balaban J connectivity index is 1.53. The summed E-state index contributed by atoms with van der Waals surface area (Å²) >= 11 is 3.27. The highest BCUT2D eigenvalue weighted by Gasteiger charge is 2.41. The van der Waals surface area contributed by atoms with Gasteiger partial charge in [-0.15, -0.1) is 22.7 Å². The van der Waals surface area contributed by atoms with E-state index < -0.39 is 0 Å². The molecule has 2 aliphatic rings. The topological polar surface area (TPSA) is 71.1 Å². The van der Waals surface area contributed by atoms with Gasteiger partial charge in [-0.25, -0.2) is 4.98 Å². The molecule has 4 heterocycles. The average molecular weight is 462 g/mol. The Hall–Kier alpha value is -3.03. The van der Waals surface area contributed by atoms with E-state index in [4.69, 9.17) is 0 Å². The van der Waals surface area contributed by atoms with Gasteiger partial charge < -0.3 is 10.6 Å². The smallest absolute Gasteiger partial charge is 0.255 e. The number of nitrogens with one attached hydrogen (secondary N) is 2. The number of carbonyl (C=O) groups excluding carboxylic acids is 2. The van der Waals surface area contributed by atoms with Crippen molar-refractivity contribution in [3.63, 3.8) is 0 Å². The normalized spacial score (nSPS) is 20.8. The lowest BCUT2D eigenvalue weighted by Gasteiger charge is -2.36. The number of pyridine rings is 1. The summed E-state index contributed by atoms with van der Waals surface area (Å²) in [6, 6.07) is 13.6. The van der Waals surface area contributed by atoms with Crippen molar-refractivity contribution in [3.8, 4) is 0 Å². The highest BCUT2D eigenvalue weighted by atomic mass is 32.1. The molecule has 0 saturated heterocycles. The predicted molar refractivity (Wildman–Crippen MR) is 129 cm³/mol. The molecule has 1 aliphatic heterocycles. The van der Waals surface area contributed by atoms with E-state index >= 15 is 0 Å². The quantitative estimate of drug-likeness (QED) is 0.537. The Morgan fingerprint density at radius 1 is 1.03 bits per heavy atom. The molecule has 3 aromatic rings. The summed E-state index contributed by atoms with van der Waals surface area (Å²) < 4.78 is 0. The number of hydrogen-bond donors (Lipinski definition) is 2. The van der Waals surface area contributed by atoms with E-state index in [1.165, 1.54) is 4.88 Å². The zero-order chi connectivity index (χ0) is 22.2. The lowest BCUT2D eigenvalue weighted by atomic mass is 9.74. The van der Waals surface area contributed by atoms with Crippen LogP contribution in [0.1, 0.15) is 47.0 Å². The molecular formula is C25H23N3O2S2. The number of rotatable bonds is 4. The van der Waals surface area contributed by atoms with Crippen LogP contribution in [-0.4, -0.2) is 16.7 Å². The number of Topliss-reactive ketones (excluding diaryl/α,β-unsaturated/α-hetero) is 1. The molecule has 0 saturated carbocycles. The van der Waals surface area contributed by atoms with Gasteiger partial charge in [0.05, 0.1) is 5.92 Å². The van der Waals surface area contributed by atoms with Gasteiger partial charge in [0.25, 0.3) is 5.91 Å². The van der Waals surface area contributed by atoms with Crippen LogP contribution in [0.5, 0.6) is 0 Å². The van der Waals surface area contributed by atoms with Crippen LogP contribution in [0.2, 0.25) is 0 Å². The molecule has 1 aliphatic carbocycles. The minimum Gasteiger partial charge on any atom is -0.362 e. The third-order valence-corrected chi connectivity index (χ3v) is 7.95. The van der Waals surface area contributed by atoms with Crippen molar-refractivity contribution in [2.45, 2.75) is 38.5 Å². The van der Waals surface area contributed by atoms with Gasteiger partial charge in [-0.1, -0.05) is 18.2 Å². The molecule has 5 nitrogen and oxygen atoms in total. The Kier molecular flexibility index (Phi) is 5.53. The summed E-state index contributed by atoms with van der Waals surface area (Å²) in [5, 5.41) is 10.4. The molecule has 0 fully saturated rings. The van der Waals surface area contributed by atoms with Crippen molar-refractivity contribution in [2.24, 2.45) is 0 Å². The molecule has 32 heavy (non-hydrogen) atoms. The Morgan fingerprint density at radius 3 is 2.47 bits per heavy atom. The lowest BCUT2D eigenvalue weighted by Crippen LogP contribution is -2.36. The van der Waals surface area contributed by atoms with Crippen molar-refractivity contribution >= 4 is 40.2 Å². The molecule has 7 heteroatoms. The number of hydrogen-bond acceptors (Lipinski definition) is 6. The first-order chi connectivity index (χ1) is 15.5. The van der Waals surface area contributed by atoms with Crippen LogP contribution < -0.4 is 10.6 Å². The molecule has 162 valence electrons. The van der Waals surface area contributed by atoms with Crippen LogP contribution >= 0.6 is 22.7 Å². The van der Waals surface area contributed by atoms with Gasteiger partial charge >= 0.3 is 0 Å². The average Bonchev–Trinajstić information content (AvgIpc) is 3.47. The third kappa shape index (κ3) is 3.82. The first-order valence-corrected chi connectivity index (χ1v) is 12.3. The number of aromatic nitrogens is 1. The van der Waals surface area contributed by atoms with Gasteiger partial charge in [-0.2, -0.15) is 0 Å². The number of ketones is 1.